The molecule has 1 heterocycles. The fraction of sp³-hybridized carbons (Fsp3) is 0.857. The molecule has 3 amide bonds. The highest BCUT2D eigenvalue weighted by molar-refractivity contribution is 5.98. The molecular weight excluding hydrogens is 242 g/mol. The molecule has 2 N–H and O–H groups in total. The van der Waals surface area contributed by atoms with Crippen LogP contribution in [-0.2, 0) is 4.79 Å². The highest BCUT2D eigenvalue weighted by Gasteiger charge is 2.33. The molecule has 5 nitrogen and oxygen atoms in total. The van der Waals surface area contributed by atoms with Crippen LogP contribution in [0.5, 0.6) is 0 Å². The number of carbonyl (C=O) groups is 2. The minimum atomic E-state index is -0.290. The maximum Gasteiger partial charge on any atom is 0.324 e. The molecule has 1 saturated carbocycles. The Labute approximate surface area is 115 Å². The molecule has 1 saturated heterocycles. The Balaban J connectivity index is 1.91. The second-order valence-corrected chi connectivity index (χ2v) is 5.98. The molecular formula is C14H25N3O2. The Morgan fingerprint density at radius 3 is 2.79 bits per heavy atom. The first-order valence-electron chi connectivity index (χ1n) is 7.36. The summed E-state index contributed by atoms with van der Waals surface area (Å²) in [7, 11) is 0. The summed E-state index contributed by atoms with van der Waals surface area (Å²) < 4.78 is 0. The van der Waals surface area contributed by atoms with E-state index in [1.54, 1.807) is 0 Å². The van der Waals surface area contributed by atoms with Gasteiger partial charge < -0.3 is 10.6 Å². The van der Waals surface area contributed by atoms with Crippen LogP contribution in [0.2, 0.25) is 0 Å². The first-order chi connectivity index (χ1) is 9.00. The van der Waals surface area contributed by atoms with Gasteiger partial charge in [0.2, 0.25) is 5.91 Å². The average Bonchev–Trinajstić information content (AvgIpc) is 2.80. The van der Waals surface area contributed by atoms with Crippen LogP contribution in [0.25, 0.3) is 0 Å². The summed E-state index contributed by atoms with van der Waals surface area (Å²) in [5.41, 5.74) is 0. The molecule has 0 aromatic heterocycles. The van der Waals surface area contributed by atoms with Crippen molar-refractivity contribution in [1.29, 1.82) is 0 Å². The fourth-order valence-electron chi connectivity index (χ4n) is 3.13. The van der Waals surface area contributed by atoms with Gasteiger partial charge in [0.15, 0.2) is 0 Å². The Bertz CT molecular complexity index is 359. The quantitative estimate of drug-likeness (QED) is 0.811. The molecule has 2 aliphatic rings. The first-order valence-corrected chi connectivity index (χ1v) is 7.36. The lowest BCUT2D eigenvalue weighted by Gasteiger charge is -2.36. The standard InChI is InChI=1S/C14H25N3O2/c1-9-5-4-6-12(10(9)2)16-11(3)13(18)17-8-7-15-14(17)19/h9-12,16H,4-8H2,1-3H3,(H,15,19)/t9-,10+,11-,12-/m0/s1. The van der Waals surface area contributed by atoms with Gasteiger partial charge in [-0.1, -0.05) is 26.7 Å². The summed E-state index contributed by atoms with van der Waals surface area (Å²) >= 11 is 0. The Morgan fingerprint density at radius 1 is 1.42 bits per heavy atom. The number of hydrogen-bond acceptors (Lipinski definition) is 3. The molecule has 0 aromatic carbocycles. The minimum Gasteiger partial charge on any atom is -0.336 e. The molecule has 108 valence electrons. The third-order valence-electron chi connectivity index (χ3n) is 4.66. The summed E-state index contributed by atoms with van der Waals surface area (Å²) in [6, 6.07) is -0.168. The molecule has 0 aromatic rings. The van der Waals surface area contributed by atoms with E-state index < -0.39 is 0 Å². The highest BCUT2D eigenvalue weighted by atomic mass is 16.2. The van der Waals surface area contributed by atoms with Crippen molar-refractivity contribution in [3.8, 4) is 0 Å². The lowest BCUT2D eigenvalue weighted by atomic mass is 9.78. The van der Waals surface area contributed by atoms with Crippen molar-refractivity contribution in [2.24, 2.45) is 11.8 Å². The van der Waals surface area contributed by atoms with E-state index >= 15 is 0 Å². The van der Waals surface area contributed by atoms with Gasteiger partial charge in [-0.25, -0.2) is 4.79 Å². The lowest BCUT2D eigenvalue weighted by Crippen LogP contribution is -2.52. The molecule has 1 aliphatic heterocycles. The molecule has 1 aliphatic carbocycles. The molecule has 5 heteroatoms. The van der Waals surface area contributed by atoms with Gasteiger partial charge in [0.05, 0.1) is 6.04 Å². The van der Waals surface area contributed by atoms with Crippen LogP contribution in [0.3, 0.4) is 0 Å². The average molecular weight is 267 g/mol. The number of amides is 3. The Morgan fingerprint density at radius 2 is 2.16 bits per heavy atom. The van der Waals surface area contributed by atoms with Crippen LogP contribution < -0.4 is 10.6 Å². The SMILES string of the molecule is C[C@H]1[C@@H](N[C@@H](C)C(=O)N2CCNC2=O)CCC[C@@H]1C. The predicted molar refractivity (Wildman–Crippen MR) is 73.7 cm³/mol. The molecule has 2 fully saturated rings. The van der Waals surface area contributed by atoms with Crippen molar-refractivity contribution in [1.82, 2.24) is 15.5 Å². The summed E-state index contributed by atoms with van der Waals surface area (Å²) in [6.45, 7) is 7.44. The van der Waals surface area contributed by atoms with Crippen LogP contribution in [0.1, 0.15) is 40.0 Å². The smallest absolute Gasteiger partial charge is 0.324 e. The lowest BCUT2D eigenvalue weighted by molar-refractivity contribution is -0.129. The van der Waals surface area contributed by atoms with Crippen LogP contribution in [0, 0.1) is 11.8 Å². The largest absolute Gasteiger partial charge is 0.336 e. The molecule has 0 spiro atoms. The zero-order chi connectivity index (χ0) is 14.0. The Kier molecular flexibility index (Phi) is 4.45. The molecule has 0 unspecified atom stereocenters. The number of rotatable bonds is 3. The maximum atomic E-state index is 12.2. The van der Waals surface area contributed by atoms with E-state index in [1.165, 1.54) is 17.7 Å². The van der Waals surface area contributed by atoms with Crippen molar-refractivity contribution in [2.45, 2.75) is 52.1 Å². The van der Waals surface area contributed by atoms with E-state index in [4.69, 9.17) is 0 Å². The van der Waals surface area contributed by atoms with Crippen LogP contribution in [0.15, 0.2) is 0 Å². The van der Waals surface area contributed by atoms with Crippen LogP contribution in [-0.4, -0.2) is 42.0 Å². The van der Waals surface area contributed by atoms with Crippen LogP contribution >= 0.6 is 0 Å². The molecule has 19 heavy (non-hydrogen) atoms. The minimum absolute atomic E-state index is 0.111. The summed E-state index contributed by atoms with van der Waals surface area (Å²) in [4.78, 5) is 25.0. The molecule has 0 bridgehead atoms. The van der Waals surface area contributed by atoms with Crippen LogP contribution in [0.4, 0.5) is 4.79 Å². The van der Waals surface area contributed by atoms with E-state index in [9.17, 15) is 9.59 Å². The van der Waals surface area contributed by atoms with Gasteiger partial charge in [0.25, 0.3) is 0 Å². The third kappa shape index (κ3) is 3.08. The zero-order valence-corrected chi connectivity index (χ0v) is 12.1. The van der Waals surface area contributed by atoms with E-state index in [0.717, 1.165) is 6.42 Å². The summed E-state index contributed by atoms with van der Waals surface area (Å²) in [5.74, 6) is 1.17. The fourth-order valence-corrected chi connectivity index (χ4v) is 3.13. The van der Waals surface area contributed by atoms with Gasteiger partial charge in [-0.15, -0.1) is 0 Å². The van der Waals surface area contributed by atoms with Crippen molar-refractivity contribution in [3.05, 3.63) is 0 Å². The topological polar surface area (TPSA) is 61.4 Å². The van der Waals surface area contributed by atoms with Gasteiger partial charge in [0.1, 0.15) is 0 Å². The summed E-state index contributed by atoms with van der Waals surface area (Å²) in [5, 5.41) is 6.09. The van der Waals surface area contributed by atoms with Crippen molar-refractivity contribution in [3.63, 3.8) is 0 Å². The van der Waals surface area contributed by atoms with Crippen molar-refractivity contribution in [2.75, 3.05) is 13.1 Å². The second-order valence-electron chi connectivity index (χ2n) is 5.98. The molecule has 0 radical (unpaired) electrons. The summed E-state index contributed by atoms with van der Waals surface area (Å²) in [6.07, 6.45) is 3.61. The van der Waals surface area contributed by atoms with E-state index in [-0.39, 0.29) is 18.0 Å². The number of hydrogen-bond donors (Lipinski definition) is 2. The maximum absolute atomic E-state index is 12.2. The number of nitrogens with one attached hydrogen (secondary N) is 2. The number of nitrogens with zero attached hydrogens (tertiary/aromatic N) is 1. The third-order valence-corrected chi connectivity index (χ3v) is 4.66. The van der Waals surface area contributed by atoms with Gasteiger partial charge in [-0.3, -0.25) is 9.69 Å². The van der Waals surface area contributed by atoms with Crippen molar-refractivity contribution >= 4 is 11.9 Å². The number of imide groups is 1. The van der Waals surface area contributed by atoms with Gasteiger partial charge in [0, 0.05) is 19.1 Å². The normalized spacial score (nSPS) is 33.1. The monoisotopic (exact) mass is 267 g/mol. The number of urea groups is 1. The van der Waals surface area contributed by atoms with E-state index in [0.29, 0.717) is 31.0 Å². The van der Waals surface area contributed by atoms with Gasteiger partial charge >= 0.3 is 6.03 Å². The molecule has 2 rings (SSSR count). The van der Waals surface area contributed by atoms with Crippen molar-refractivity contribution < 1.29 is 9.59 Å². The predicted octanol–water partition coefficient (Wildman–Crippen LogP) is 1.34. The number of carbonyl (C=O) groups excluding carboxylic acids is 2. The second kappa shape index (κ2) is 5.90. The first kappa shape index (κ1) is 14.3. The van der Waals surface area contributed by atoms with Gasteiger partial charge in [-0.2, -0.15) is 0 Å². The van der Waals surface area contributed by atoms with E-state index in [1.807, 2.05) is 6.92 Å². The molecule has 4 atom stereocenters. The highest BCUT2D eigenvalue weighted by Crippen LogP contribution is 2.29. The van der Waals surface area contributed by atoms with E-state index in [2.05, 4.69) is 24.5 Å². The van der Waals surface area contributed by atoms with Gasteiger partial charge in [-0.05, 0) is 25.2 Å². The zero-order valence-electron chi connectivity index (χ0n) is 12.1. The Hall–Kier alpha value is -1.10.